The molecular formula is C28H34FN7O. The molecule has 0 bridgehead atoms. The zero-order chi connectivity index (χ0) is 25.9. The highest BCUT2D eigenvalue weighted by Gasteiger charge is 2.29. The number of aromatic nitrogens is 3. The Balaban J connectivity index is 1.34. The summed E-state index contributed by atoms with van der Waals surface area (Å²) in [6, 6.07) is 8.91. The highest BCUT2D eigenvalue weighted by atomic mass is 19.1. The van der Waals surface area contributed by atoms with Gasteiger partial charge in [0.15, 0.2) is 0 Å². The molecule has 1 amide bonds. The zero-order valence-electron chi connectivity index (χ0n) is 21.5. The van der Waals surface area contributed by atoms with Crippen molar-refractivity contribution in [2.24, 2.45) is 0 Å². The van der Waals surface area contributed by atoms with Crippen molar-refractivity contribution in [2.45, 2.75) is 32.2 Å². The molecule has 2 N–H and O–H groups in total. The van der Waals surface area contributed by atoms with Crippen molar-refractivity contribution in [2.75, 3.05) is 52.0 Å². The number of nitrogen functional groups attached to an aromatic ring is 1. The number of benzene rings is 1. The number of hydrogen-bond acceptors (Lipinski definition) is 7. The Morgan fingerprint density at radius 2 is 1.73 bits per heavy atom. The minimum absolute atomic E-state index is 0.0944. The Hall–Kier alpha value is -3.43. The molecule has 37 heavy (non-hydrogen) atoms. The van der Waals surface area contributed by atoms with Crippen LogP contribution in [0.15, 0.2) is 42.9 Å². The number of carbonyl (C=O) groups is 1. The van der Waals surface area contributed by atoms with Crippen molar-refractivity contribution in [3.8, 4) is 22.4 Å². The number of likely N-dealkylation sites (tertiary alicyclic amines) is 1. The van der Waals surface area contributed by atoms with Gasteiger partial charge in [0, 0.05) is 55.1 Å². The Labute approximate surface area is 217 Å². The number of nitrogens with zero attached hydrogens (tertiary/aromatic N) is 6. The summed E-state index contributed by atoms with van der Waals surface area (Å²) in [5.74, 6) is -0.383. The van der Waals surface area contributed by atoms with Gasteiger partial charge in [-0.3, -0.25) is 9.69 Å². The van der Waals surface area contributed by atoms with Crippen LogP contribution >= 0.6 is 0 Å². The highest BCUT2D eigenvalue weighted by molar-refractivity contribution is 5.95. The summed E-state index contributed by atoms with van der Waals surface area (Å²) in [4.78, 5) is 33.0. The van der Waals surface area contributed by atoms with E-state index in [1.54, 1.807) is 29.3 Å². The Kier molecular flexibility index (Phi) is 7.43. The van der Waals surface area contributed by atoms with Crippen molar-refractivity contribution < 1.29 is 9.18 Å². The summed E-state index contributed by atoms with van der Waals surface area (Å²) in [5, 5.41) is 0. The fraction of sp³-hybridized carbons (Fsp3) is 0.429. The summed E-state index contributed by atoms with van der Waals surface area (Å²) in [6.45, 7) is 7.14. The van der Waals surface area contributed by atoms with Gasteiger partial charge in [-0.1, -0.05) is 13.0 Å². The van der Waals surface area contributed by atoms with Gasteiger partial charge in [0.2, 0.25) is 0 Å². The van der Waals surface area contributed by atoms with E-state index in [-0.39, 0.29) is 11.5 Å². The van der Waals surface area contributed by atoms with Gasteiger partial charge in [-0.15, -0.1) is 0 Å². The lowest BCUT2D eigenvalue weighted by atomic mass is 9.96. The van der Waals surface area contributed by atoms with Crippen LogP contribution in [0.4, 0.5) is 10.2 Å². The fourth-order valence-electron chi connectivity index (χ4n) is 5.42. The van der Waals surface area contributed by atoms with Crippen LogP contribution in [0.1, 0.15) is 35.8 Å². The third-order valence-corrected chi connectivity index (χ3v) is 7.61. The largest absolute Gasteiger partial charge is 0.384 e. The summed E-state index contributed by atoms with van der Waals surface area (Å²) < 4.78 is 15.4. The van der Waals surface area contributed by atoms with Gasteiger partial charge in [-0.25, -0.2) is 19.3 Å². The molecule has 0 radical (unpaired) electrons. The third kappa shape index (κ3) is 5.33. The van der Waals surface area contributed by atoms with Gasteiger partial charge < -0.3 is 15.5 Å². The van der Waals surface area contributed by atoms with Gasteiger partial charge in [-0.05, 0) is 63.7 Å². The minimum atomic E-state index is -0.543. The van der Waals surface area contributed by atoms with Gasteiger partial charge in [0.1, 0.15) is 18.0 Å². The second-order valence-electron chi connectivity index (χ2n) is 9.93. The molecule has 2 fully saturated rings. The highest BCUT2D eigenvalue weighted by Crippen LogP contribution is 2.33. The minimum Gasteiger partial charge on any atom is -0.384 e. The maximum Gasteiger partial charge on any atom is 0.256 e. The lowest BCUT2D eigenvalue weighted by molar-refractivity contribution is 0.0472. The van der Waals surface area contributed by atoms with Crippen molar-refractivity contribution in [3.63, 3.8) is 0 Å². The van der Waals surface area contributed by atoms with Crippen molar-refractivity contribution in [1.29, 1.82) is 0 Å². The van der Waals surface area contributed by atoms with Crippen LogP contribution in [0.2, 0.25) is 0 Å². The molecule has 0 aliphatic carbocycles. The molecule has 0 saturated carbocycles. The number of aryl methyl sites for hydroxylation is 1. The number of rotatable bonds is 5. The third-order valence-electron chi connectivity index (χ3n) is 7.61. The number of hydrogen-bond donors (Lipinski definition) is 1. The first-order chi connectivity index (χ1) is 17.9. The topological polar surface area (TPSA) is 91.5 Å². The number of piperazine rings is 1. The van der Waals surface area contributed by atoms with Gasteiger partial charge in [0.05, 0.1) is 17.0 Å². The molecule has 3 aromatic rings. The standard InChI is InChI=1S/C28H34FN7O/c1-3-24-26(20-5-7-25(30)31-17-20)27(33-18-32-24)19-4-6-22(23(29)16-19)28(37)36-14-12-35(13-15-36)21-8-10-34(2)11-9-21/h4-7,16-18,21H,3,8-15H2,1-2H3,(H2,30,31). The maximum absolute atomic E-state index is 15.4. The van der Waals surface area contributed by atoms with Crippen LogP contribution in [-0.4, -0.2) is 87.9 Å². The van der Waals surface area contributed by atoms with Crippen molar-refractivity contribution in [3.05, 3.63) is 59.9 Å². The lowest BCUT2D eigenvalue weighted by Gasteiger charge is -2.42. The number of anilines is 1. The average Bonchev–Trinajstić information content (AvgIpc) is 2.93. The summed E-state index contributed by atoms with van der Waals surface area (Å²) in [7, 11) is 2.16. The Bertz CT molecular complexity index is 1250. The van der Waals surface area contributed by atoms with Crippen LogP contribution < -0.4 is 5.73 Å². The lowest BCUT2D eigenvalue weighted by Crippen LogP contribution is -2.54. The monoisotopic (exact) mass is 503 g/mol. The normalized spacial score (nSPS) is 17.8. The quantitative estimate of drug-likeness (QED) is 0.571. The number of nitrogens with two attached hydrogens (primary N) is 1. The Morgan fingerprint density at radius 3 is 2.38 bits per heavy atom. The molecular weight excluding hydrogens is 469 g/mol. The van der Waals surface area contributed by atoms with Crippen LogP contribution in [0.25, 0.3) is 22.4 Å². The maximum atomic E-state index is 15.4. The molecule has 2 aliphatic rings. The summed E-state index contributed by atoms with van der Waals surface area (Å²) in [6.07, 6.45) is 6.17. The molecule has 2 aromatic heterocycles. The second kappa shape index (κ2) is 10.9. The molecule has 1 aromatic carbocycles. The summed E-state index contributed by atoms with van der Waals surface area (Å²) >= 11 is 0. The van der Waals surface area contributed by atoms with E-state index in [1.807, 2.05) is 13.0 Å². The molecule has 5 rings (SSSR count). The van der Waals surface area contributed by atoms with E-state index in [2.05, 4.69) is 31.8 Å². The van der Waals surface area contributed by atoms with Gasteiger partial charge >= 0.3 is 0 Å². The number of amides is 1. The SMILES string of the molecule is CCc1ncnc(-c2ccc(C(=O)N3CCN(C4CCN(C)CC4)CC3)c(F)c2)c1-c1ccc(N)nc1. The number of pyridine rings is 1. The van der Waals surface area contributed by atoms with Crippen LogP contribution in [0.3, 0.4) is 0 Å². The first-order valence-corrected chi connectivity index (χ1v) is 13.0. The molecule has 194 valence electrons. The van der Waals surface area contributed by atoms with Crippen molar-refractivity contribution >= 4 is 11.7 Å². The molecule has 4 heterocycles. The van der Waals surface area contributed by atoms with E-state index in [1.165, 1.54) is 12.4 Å². The number of halogens is 1. The Morgan fingerprint density at radius 1 is 1.00 bits per heavy atom. The van der Waals surface area contributed by atoms with E-state index >= 15 is 4.39 Å². The predicted octanol–water partition coefficient (Wildman–Crippen LogP) is 3.34. The van der Waals surface area contributed by atoms with E-state index < -0.39 is 5.82 Å². The first kappa shape index (κ1) is 25.2. The molecule has 9 heteroatoms. The van der Waals surface area contributed by atoms with Crippen molar-refractivity contribution in [1.82, 2.24) is 29.7 Å². The van der Waals surface area contributed by atoms with Gasteiger partial charge in [0.25, 0.3) is 5.91 Å². The van der Waals surface area contributed by atoms with Gasteiger partial charge in [-0.2, -0.15) is 0 Å². The van der Waals surface area contributed by atoms with E-state index in [0.29, 0.717) is 42.6 Å². The zero-order valence-corrected chi connectivity index (χ0v) is 21.5. The molecule has 0 atom stereocenters. The number of piperidine rings is 1. The van der Waals surface area contributed by atoms with E-state index in [9.17, 15) is 4.79 Å². The molecule has 8 nitrogen and oxygen atoms in total. The number of carbonyl (C=O) groups excluding carboxylic acids is 1. The molecule has 0 unspecified atom stereocenters. The second-order valence-corrected chi connectivity index (χ2v) is 9.93. The average molecular weight is 504 g/mol. The molecule has 2 aliphatic heterocycles. The van der Waals surface area contributed by atoms with Crippen LogP contribution in [0.5, 0.6) is 0 Å². The fourth-order valence-corrected chi connectivity index (χ4v) is 5.42. The first-order valence-electron chi connectivity index (χ1n) is 13.0. The van der Waals surface area contributed by atoms with E-state index in [0.717, 1.165) is 55.8 Å². The molecule has 0 spiro atoms. The van der Waals surface area contributed by atoms with Crippen LogP contribution in [-0.2, 0) is 6.42 Å². The van der Waals surface area contributed by atoms with E-state index in [4.69, 9.17) is 5.73 Å². The molecule has 2 saturated heterocycles. The summed E-state index contributed by atoms with van der Waals surface area (Å²) in [5.41, 5.74) is 9.49. The predicted molar refractivity (Wildman–Crippen MR) is 142 cm³/mol. The van der Waals surface area contributed by atoms with Crippen LogP contribution in [0, 0.1) is 5.82 Å². The smallest absolute Gasteiger partial charge is 0.256 e.